The van der Waals surface area contributed by atoms with Gasteiger partial charge in [-0.25, -0.2) is 4.79 Å². The van der Waals surface area contributed by atoms with Gasteiger partial charge in [0.05, 0.1) is 0 Å². The smallest absolute Gasteiger partial charge is 0.315 e. The number of benzene rings is 1. The number of halogens is 1. The van der Waals surface area contributed by atoms with Crippen LogP contribution in [0.3, 0.4) is 0 Å². The largest absolute Gasteiger partial charge is 0.335 e. The van der Waals surface area contributed by atoms with Crippen LogP contribution in [0, 0.1) is 0 Å². The molecule has 2 aliphatic carbocycles. The number of urea groups is 1. The lowest BCUT2D eigenvalue weighted by Crippen LogP contribution is -2.58. The molecule has 1 aromatic heterocycles. The minimum absolute atomic E-state index is 0.0875. The van der Waals surface area contributed by atoms with Gasteiger partial charge in [0, 0.05) is 24.0 Å². The molecule has 0 bridgehead atoms. The minimum Gasteiger partial charge on any atom is -0.335 e. The second kappa shape index (κ2) is 7.07. The van der Waals surface area contributed by atoms with E-state index >= 15 is 0 Å². The summed E-state index contributed by atoms with van der Waals surface area (Å²) < 4.78 is 2.24. The molecule has 0 spiro atoms. The van der Waals surface area contributed by atoms with Gasteiger partial charge >= 0.3 is 6.03 Å². The third-order valence-corrected chi connectivity index (χ3v) is 7.01. The van der Waals surface area contributed by atoms with E-state index in [1.54, 1.807) is 0 Å². The highest BCUT2D eigenvalue weighted by molar-refractivity contribution is 6.31. The molecule has 0 atom stereocenters. The molecular weight excluding hydrogens is 374 g/mol. The lowest BCUT2D eigenvalue weighted by atomic mass is 9.75. The van der Waals surface area contributed by atoms with E-state index in [9.17, 15) is 4.79 Å². The van der Waals surface area contributed by atoms with Gasteiger partial charge in [0.2, 0.25) is 0 Å². The van der Waals surface area contributed by atoms with Crippen LogP contribution in [0.5, 0.6) is 0 Å². The molecule has 2 heterocycles. The molecule has 2 aromatic rings. The van der Waals surface area contributed by atoms with Crippen LogP contribution in [-0.2, 0) is 18.5 Å². The lowest BCUT2D eigenvalue weighted by molar-refractivity contribution is 0.156. The average Bonchev–Trinajstić information content (AvgIpc) is 3.06. The summed E-state index contributed by atoms with van der Waals surface area (Å²) in [5, 5.41) is 16.1. The van der Waals surface area contributed by atoms with Crippen molar-refractivity contribution < 1.29 is 4.79 Å². The Morgan fingerprint density at radius 2 is 1.96 bits per heavy atom. The number of aromatic nitrogens is 3. The van der Waals surface area contributed by atoms with Crippen molar-refractivity contribution in [2.45, 2.75) is 75.4 Å². The van der Waals surface area contributed by atoms with Gasteiger partial charge in [-0.3, -0.25) is 0 Å². The fourth-order valence-corrected chi connectivity index (χ4v) is 5.12. The van der Waals surface area contributed by atoms with Crippen LogP contribution in [0.15, 0.2) is 24.3 Å². The zero-order chi connectivity index (χ0) is 19.1. The summed E-state index contributed by atoms with van der Waals surface area (Å²) in [5.74, 6) is 2.45. The van der Waals surface area contributed by atoms with E-state index in [-0.39, 0.29) is 17.6 Å². The normalized spacial score (nSPS) is 25.2. The van der Waals surface area contributed by atoms with Gasteiger partial charge in [0.1, 0.15) is 11.4 Å². The van der Waals surface area contributed by atoms with Crippen LogP contribution < -0.4 is 10.6 Å². The van der Waals surface area contributed by atoms with Gasteiger partial charge in [0.15, 0.2) is 5.82 Å². The number of hydrogen-bond acceptors (Lipinski definition) is 3. The van der Waals surface area contributed by atoms with E-state index < -0.39 is 0 Å². The van der Waals surface area contributed by atoms with Crippen molar-refractivity contribution in [2.75, 3.05) is 0 Å². The zero-order valence-electron chi connectivity index (χ0n) is 16.0. The van der Waals surface area contributed by atoms with Gasteiger partial charge in [-0.05, 0) is 62.5 Å². The van der Waals surface area contributed by atoms with Gasteiger partial charge in [0.25, 0.3) is 0 Å². The molecule has 0 unspecified atom stereocenters. The van der Waals surface area contributed by atoms with Crippen molar-refractivity contribution in [1.29, 1.82) is 0 Å². The van der Waals surface area contributed by atoms with Crippen molar-refractivity contribution in [1.82, 2.24) is 25.4 Å². The van der Waals surface area contributed by atoms with Gasteiger partial charge in [-0.1, -0.05) is 29.8 Å². The Labute approximate surface area is 170 Å². The summed E-state index contributed by atoms with van der Waals surface area (Å²) in [6.07, 6.45) is 8.17. The number of nitrogens with zero attached hydrogens (tertiary/aromatic N) is 3. The van der Waals surface area contributed by atoms with Gasteiger partial charge in [-0.15, -0.1) is 10.2 Å². The molecule has 1 aliphatic heterocycles. The standard InChI is InChI=1S/C21H26ClN5O/c22-17-7-2-1-6-16(17)14-12-15(13-14)23-20(28)24-21(9-5-10-21)19-26-25-18-8-3-4-11-27(18)19/h1-2,6-7,14-15H,3-5,8-13H2,(H2,23,24,28). The maximum Gasteiger partial charge on any atom is 0.315 e. The van der Waals surface area contributed by atoms with Crippen LogP contribution in [0.25, 0.3) is 0 Å². The van der Waals surface area contributed by atoms with Crippen molar-refractivity contribution in [3.05, 3.63) is 46.5 Å². The van der Waals surface area contributed by atoms with Crippen LogP contribution in [0.4, 0.5) is 4.79 Å². The third-order valence-electron chi connectivity index (χ3n) is 6.67. The van der Waals surface area contributed by atoms with E-state index in [0.717, 1.165) is 68.2 Å². The van der Waals surface area contributed by atoms with Crippen molar-refractivity contribution in [3.63, 3.8) is 0 Å². The Balaban J connectivity index is 1.21. The Morgan fingerprint density at radius 3 is 2.71 bits per heavy atom. The number of hydrogen-bond donors (Lipinski definition) is 2. The number of fused-ring (bicyclic) bond motifs is 1. The molecule has 6 nitrogen and oxygen atoms in total. The summed E-state index contributed by atoms with van der Waals surface area (Å²) >= 11 is 6.30. The van der Waals surface area contributed by atoms with E-state index in [2.05, 4.69) is 31.5 Å². The molecule has 28 heavy (non-hydrogen) atoms. The first kappa shape index (κ1) is 18.0. The second-order valence-electron chi connectivity index (χ2n) is 8.47. The van der Waals surface area contributed by atoms with Gasteiger partial charge in [-0.2, -0.15) is 0 Å². The minimum atomic E-state index is -0.349. The van der Waals surface area contributed by atoms with Crippen molar-refractivity contribution in [3.8, 4) is 0 Å². The molecule has 3 aliphatic rings. The molecule has 148 valence electrons. The Kier molecular flexibility index (Phi) is 4.54. The van der Waals surface area contributed by atoms with Crippen LogP contribution in [-0.4, -0.2) is 26.8 Å². The third kappa shape index (κ3) is 3.08. The molecule has 2 amide bonds. The molecule has 0 radical (unpaired) electrons. The topological polar surface area (TPSA) is 71.8 Å². The quantitative estimate of drug-likeness (QED) is 0.819. The highest BCUT2D eigenvalue weighted by Crippen LogP contribution is 2.42. The first-order chi connectivity index (χ1) is 13.6. The van der Waals surface area contributed by atoms with Crippen LogP contribution in [0.2, 0.25) is 5.02 Å². The molecule has 0 saturated heterocycles. The van der Waals surface area contributed by atoms with Crippen molar-refractivity contribution >= 4 is 17.6 Å². The zero-order valence-corrected chi connectivity index (χ0v) is 16.7. The molecular formula is C21H26ClN5O. The van der Waals surface area contributed by atoms with Crippen molar-refractivity contribution in [2.24, 2.45) is 0 Å². The number of rotatable bonds is 4. The predicted octanol–water partition coefficient (Wildman–Crippen LogP) is 3.89. The Bertz CT molecular complexity index is 885. The highest BCUT2D eigenvalue weighted by Gasteiger charge is 2.45. The van der Waals surface area contributed by atoms with E-state index in [0.29, 0.717) is 5.92 Å². The predicted molar refractivity (Wildman–Crippen MR) is 107 cm³/mol. The lowest BCUT2D eigenvalue weighted by Gasteiger charge is -2.43. The number of carbonyl (C=O) groups is 1. The molecule has 1 aromatic carbocycles. The summed E-state index contributed by atoms with van der Waals surface area (Å²) in [7, 11) is 0. The maximum atomic E-state index is 12.7. The first-order valence-electron chi connectivity index (χ1n) is 10.4. The number of carbonyl (C=O) groups excluding carboxylic acids is 1. The summed E-state index contributed by atoms with van der Waals surface area (Å²) in [4.78, 5) is 12.7. The second-order valence-corrected chi connectivity index (χ2v) is 8.88. The fourth-order valence-electron chi connectivity index (χ4n) is 4.83. The van der Waals surface area contributed by atoms with Gasteiger partial charge < -0.3 is 15.2 Å². The first-order valence-corrected chi connectivity index (χ1v) is 10.8. The molecule has 7 heteroatoms. The number of amides is 2. The molecule has 2 N–H and O–H groups in total. The highest BCUT2D eigenvalue weighted by atomic mass is 35.5. The van der Waals surface area contributed by atoms with E-state index in [1.165, 1.54) is 12.0 Å². The summed E-state index contributed by atoms with van der Waals surface area (Å²) in [5.41, 5.74) is 0.839. The van der Waals surface area contributed by atoms with E-state index in [1.807, 2.05) is 18.2 Å². The monoisotopic (exact) mass is 399 g/mol. The maximum absolute atomic E-state index is 12.7. The Hall–Kier alpha value is -2.08. The Morgan fingerprint density at radius 1 is 1.14 bits per heavy atom. The SMILES string of the molecule is O=C(NC1CC(c2ccccc2Cl)C1)NC1(c2nnc3n2CCCC3)CCC1. The summed E-state index contributed by atoms with van der Waals surface area (Å²) in [6.45, 7) is 0.963. The number of nitrogens with one attached hydrogen (secondary N) is 2. The molecule has 2 fully saturated rings. The van der Waals surface area contributed by atoms with E-state index in [4.69, 9.17) is 11.6 Å². The number of aryl methyl sites for hydroxylation is 1. The van der Waals surface area contributed by atoms with Crippen LogP contribution in [0.1, 0.15) is 68.1 Å². The summed E-state index contributed by atoms with van der Waals surface area (Å²) in [6, 6.07) is 8.11. The fraction of sp³-hybridized carbons (Fsp3) is 0.571. The average molecular weight is 400 g/mol. The molecule has 5 rings (SSSR count). The van der Waals surface area contributed by atoms with Crippen LogP contribution >= 0.6 is 11.6 Å². The molecule has 2 saturated carbocycles.